The lowest BCUT2D eigenvalue weighted by atomic mass is 9.96. The fraction of sp³-hybridized carbons (Fsp3) is 0.350. The minimum Gasteiger partial charge on any atom is -0.481 e. The normalized spacial score (nSPS) is 10.4. The maximum Gasteiger partial charge on any atom is 0.305 e. The van der Waals surface area contributed by atoms with Crippen molar-refractivity contribution in [3.63, 3.8) is 0 Å². The maximum absolute atomic E-state index is 11.3. The van der Waals surface area contributed by atoms with E-state index in [0.717, 1.165) is 35.1 Å². The number of esters is 1. The number of aromatic nitrogens is 1. The summed E-state index contributed by atoms with van der Waals surface area (Å²) in [5.74, 6) is -1.01. The van der Waals surface area contributed by atoms with Gasteiger partial charge in [-0.25, -0.2) is 0 Å². The van der Waals surface area contributed by atoms with Gasteiger partial charge >= 0.3 is 11.9 Å². The van der Waals surface area contributed by atoms with Gasteiger partial charge in [0, 0.05) is 25.2 Å². The van der Waals surface area contributed by atoms with Gasteiger partial charge in [0.2, 0.25) is 0 Å². The summed E-state index contributed by atoms with van der Waals surface area (Å²) in [6.07, 6.45) is 6.79. The van der Waals surface area contributed by atoms with Gasteiger partial charge < -0.3 is 9.84 Å². The standard InChI is InChI=1S/C20H23NO4/c1-25-20(24)6-2-4-15-10-16(7-8-19(22)23)12-18(11-15)13-17-5-3-9-21-14-17/h3,5,9-12,14H,2,4,6-8,13H2,1H3,(H,22,23). The van der Waals surface area contributed by atoms with Gasteiger partial charge in [-0.1, -0.05) is 24.3 Å². The van der Waals surface area contributed by atoms with Crippen LogP contribution in [0.15, 0.2) is 42.7 Å². The molecule has 2 rings (SSSR count). The van der Waals surface area contributed by atoms with E-state index in [0.29, 0.717) is 19.3 Å². The number of aliphatic carboxylic acids is 1. The Morgan fingerprint density at radius 1 is 1.04 bits per heavy atom. The zero-order valence-corrected chi connectivity index (χ0v) is 14.4. The molecule has 132 valence electrons. The van der Waals surface area contributed by atoms with Crippen LogP contribution in [-0.2, 0) is 33.6 Å². The first-order valence-corrected chi connectivity index (χ1v) is 8.36. The van der Waals surface area contributed by atoms with Gasteiger partial charge in [-0.05, 0) is 54.0 Å². The summed E-state index contributed by atoms with van der Waals surface area (Å²) >= 11 is 0. The number of aryl methyl sites for hydroxylation is 2. The second-order valence-corrected chi connectivity index (χ2v) is 6.02. The third-order valence-electron chi connectivity index (χ3n) is 3.94. The molecule has 0 fully saturated rings. The topological polar surface area (TPSA) is 76.5 Å². The van der Waals surface area contributed by atoms with E-state index in [1.54, 1.807) is 6.20 Å². The summed E-state index contributed by atoms with van der Waals surface area (Å²) in [4.78, 5) is 26.2. The predicted molar refractivity (Wildman–Crippen MR) is 94.4 cm³/mol. The summed E-state index contributed by atoms with van der Waals surface area (Å²) < 4.78 is 4.67. The van der Waals surface area contributed by atoms with Crippen molar-refractivity contribution < 1.29 is 19.4 Å². The number of methoxy groups -OCH3 is 1. The van der Waals surface area contributed by atoms with Crippen LogP contribution in [0.1, 0.15) is 41.5 Å². The van der Waals surface area contributed by atoms with Gasteiger partial charge in [0.1, 0.15) is 0 Å². The molecular formula is C20H23NO4. The van der Waals surface area contributed by atoms with Crippen LogP contribution < -0.4 is 0 Å². The van der Waals surface area contributed by atoms with Crippen molar-refractivity contribution in [2.75, 3.05) is 7.11 Å². The van der Waals surface area contributed by atoms with E-state index in [1.165, 1.54) is 7.11 Å². The number of ether oxygens (including phenoxy) is 1. The van der Waals surface area contributed by atoms with E-state index >= 15 is 0 Å². The highest BCUT2D eigenvalue weighted by Crippen LogP contribution is 2.17. The number of carboxylic acids is 1. The van der Waals surface area contributed by atoms with Gasteiger partial charge in [0.25, 0.3) is 0 Å². The minimum absolute atomic E-state index is 0.109. The van der Waals surface area contributed by atoms with Gasteiger partial charge in [0.05, 0.1) is 7.11 Å². The van der Waals surface area contributed by atoms with Crippen LogP contribution in [0.3, 0.4) is 0 Å². The van der Waals surface area contributed by atoms with Gasteiger partial charge in [-0.15, -0.1) is 0 Å². The van der Waals surface area contributed by atoms with Crippen LogP contribution in [0.5, 0.6) is 0 Å². The van der Waals surface area contributed by atoms with Crippen LogP contribution in [0.2, 0.25) is 0 Å². The highest BCUT2D eigenvalue weighted by Gasteiger charge is 2.07. The average Bonchev–Trinajstić information content (AvgIpc) is 2.60. The van der Waals surface area contributed by atoms with E-state index in [4.69, 9.17) is 5.11 Å². The Kier molecular flexibility index (Phi) is 7.14. The lowest BCUT2D eigenvalue weighted by molar-refractivity contribution is -0.140. The number of hydrogen-bond acceptors (Lipinski definition) is 4. The minimum atomic E-state index is -0.801. The molecule has 0 saturated carbocycles. The van der Waals surface area contributed by atoms with E-state index in [2.05, 4.69) is 21.9 Å². The van der Waals surface area contributed by atoms with Crippen molar-refractivity contribution in [2.24, 2.45) is 0 Å². The Hall–Kier alpha value is -2.69. The molecule has 0 bridgehead atoms. The highest BCUT2D eigenvalue weighted by molar-refractivity contribution is 5.69. The maximum atomic E-state index is 11.3. The van der Waals surface area contributed by atoms with E-state index < -0.39 is 5.97 Å². The lowest BCUT2D eigenvalue weighted by Gasteiger charge is -2.10. The van der Waals surface area contributed by atoms with Crippen molar-refractivity contribution in [2.45, 2.75) is 38.5 Å². The highest BCUT2D eigenvalue weighted by atomic mass is 16.5. The Morgan fingerprint density at radius 2 is 1.76 bits per heavy atom. The molecule has 1 aromatic carbocycles. The van der Waals surface area contributed by atoms with Crippen molar-refractivity contribution >= 4 is 11.9 Å². The third kappa shape index (κ3) is 6.75. The number of carboxylic acid groups (broad SMARTS) is 1. The number of carbonyl (C=O) groups is 2. The molecule has 0 radical (unpaired) electrons. The SMILES string of the molecule is COC(=O)CCCc1cc(CCC(=O)O)cc(Cc2cccnc2)c1. The van der Waals surface area contributed by atoms with Crippen molar-refractivity contribution in [1.29, 1.82) is 0 Å². The molecule has 0 aliphatic rings. The third-order valence-corrected chi connectivity index (χ3v) is 3.94. The Morgan fingerprint density at radius 3 is 2.40 bits per heavy atom. The first-order chi connectivity index (χ1) is 12.1. The average molecular weight is 341 g/mol. The lowest BCUT2D eigenvalue weighted by Crippen LogP contribution is -2.02. The van der Waals surface area contributed by atoms with Gasteiger partial charge in [-0.3, -0.25) is 14.6 Å². The molecule has 0 aliphatic heterocycles. The molecule has 0 aliphatic carbocycles. The Bertz CT molecular complexity index is 713. The summed E-state index contributed by atoms with van der Waals surface area (Å²) in [5.41, 5.74) is 4.37. The zero-order chi connectivity index (χ0) is 18.1. The fourth-order valence-electron chi connectivity index (χ4n) is 2.76. The molecule has 5 heteroatoms. The number of hydrogen-bond donors (Lipinski definition) is 1. The van der Waals surface area contributed by atoms with Crippen LogP contribution in [-0.4, -0.2) is 29.1 Å². The van der Waals surface area contributed by atoms with E-state index in [1.807, 2.05) is 24.4 Å². The molecule has 1 N–H and O–H groups in total. The van der Waals surface area contributed by atoms with Gasteiger partial charge in [-0.2, -0.15) is 0 Å². The van der Waals surface area contributed by atoms with Crippen molar-refractivity contribution in [1.82, 2.24) is 4.98 Å². The molecule has 25 heavy (non-hydrogen) atoms. The molecule has 2 aromatic rings. The zero-order valence-electron chi connectivity index (χ0n) is 14.4. The van der Waals surface area contributed by atoms with Crippen LogP contribution >= 0.6 is 0 Å². The number of benzene rings is 1. The molecule has 0 saturated heterocycles. The predicted octanol–water partition coefficient (Wildman–Crippen LogP) is 3.19. The molecule has 0 atom stereocenters. The van der Waals surface area contributed by atoms with E-state index in [-0.39, 0.29) is 12.4 Å². The Balaban J connectivity index is 2.12. The summed E-state index contributed by atoms with van der Waals surface area (Å²) in [6, 6.07) is 10.1. The Labute approximate surface area is 147 Å². The van der Waals surface area contributed by atoms with E-state index in [9.17, 15) is 9.59 Å². The molecule has 0 spiro atoms. The summed E-state index contributed by atoms with van der Waals surface area (Å²) in [6.45, 7) is 0. The monoisotopic (exact) mass is 341 g/mol. The largest absolute Gasteiger partial charge is 0.481 e. The first kappa shape index (κ1) is 18.6. The fourth-order valence-corrected chi connectivity index (χ4v) is 2.76. The van der Waals surface area contributed by atoms with Crippen LogP contribution in [0.4, 0.5) is 0 Å². The second kappa shape index (κ2) is 9.57. The van der Waals surface area contributed by atoms with Crippen LogP contribution in [0, 0.1) is 0 Å². The molecule has 5 nitrogen and oxygen atoms in total. The molecule has 0 amide bonds. The van der Waals surface area contributed by atoms with Crippen LogP contribution in [0.25, 0.3) is 0 Å². The molecule has 1 aromatic heterocycles. The first-order valence-electron chi connectivity index (χ1n) is 8.36. The quantitative estimate of drug-likeness (QED) is 0.709. The summed E-state index contributed by atoms with van der Waals surface area (Å²) in [5, 5.41) is 8.92. The number of rotatable bonds is 9. The van der Waals surface area contributed by atoms with Gasteiger partial charge in [0.15, 0.2) is 0 Å². The second-order valence-electron chi connectivity index (χ2n) is 6.02. The molecule has 1 heterocycles. The summed E-state index contributed by atoms with van der Waals surface area (Å²) in [7, 11) is 1.39. The smallest absolute Gasteiger partial charge is 0.305 e. The number of carbonyl (C=O) groups excluding carboxylic acids is 1. The van der Waals surface area contributed by atoms with Crippen molar-refractivity contribution in [3.05, 3.63) is 65.0 Å². The number of pyridine rings is 1. The number of nitrogens with zero attached hydrogens (tertiary/aromatic N) is 1. The van der Waals surface area contributed by atoms with Crippen molar-refractivity contribution in [3.8, 4) is 0 Å². The molecular weight excluding hydrogens is 318 g/mol. The molecule has 0 unspecified atom stereocenters.